The Balaban J connectivity index is 2.14. The SMILES string of the molecule is CC(C)C1CNc2ccccc2NC1. The van der Waals surface area contributed by atoms with Crippen molar-refractivity contribution in [2.75, 3.05) is 23.7 Å². The first-order valence-electron chi connectivity index (χ1n) is 5.34. The van der Waals surface area contributed by atoms with Gasteiger partial charge in [-0.05, 0) is 24.0 Å². The summed E-state index contributed by atoms with van der Waals surface area (Å²) in [5, 5.41) is 6.99. The Morgan fingerprint density at radius 3 is 2.00 bits per heavy atom. The van der Waals surface area contributed by atoms with Gasteiger partial charge in [0.25, 0.3) is 0 Å². The van der Waals surface area contributed by atoms with Gasteiger partial charge in [0, 0.05) is 13.1 Å². The molecule has 0 aromatic heterocycles. The van der Waals surface area contributed by atoms with Crippen LogP contribution in [-0.4, -0.2) is 13.1 Å². The highest BCUT2D eigenvalue weighted by Crippen LogP contribution is 2.25. The topological polar surface area (TPSA) is 24.1 Å². The van der Waals surface area contributed by atoms with Crippen LogP contribution in [0.15, 0.2) is 24.3 Å². The first-order valence-corrected chi connectivity index (χ1v) is 5.34. The highest BCUT2D eigenvalue weighted by atomic mass is 15.0. The molecule has 0 radical (unpaired) electrons. The minimum atomic E-state index is 0.711. The van der Waals surface area contributed by atoms with E-state index in [9.17, 15) is 0 Å². The lowest BCUT2D eigenvalue weighted by Gasteiger charge is -2.18. The summed E-state index contributed by atoms with van der Waals surface area (Å²) >= 11 is 0. The number of para-hydroxylation sites is 2. The van der Waals surface area contributed by atoms with Crippen molar-refractivity contribution in [3.8, 4) is 0 Å². The Hall–Kier alpha value is -1.18. The lowest BCUT2D eigenvalue weighted by molar-refractivity contribution is 0.426. The molecule has 0 atom stereocenters. The number of anilines is 2. The average Bonchev–Trinajstić information content (AvgIpc) is 2.39. The van der Waals surface area contributed by atoms with Gasteiger partial charge in [0.05, 0.1) is 11.4 Å². The number of nitrogens with one attached hydrogen (secondary N) is 2. The van der Waals surface area contributed by atoms with Crippen LogP contribution in [0.1, 0.15) is 13.8 Å². The zero-order chi connectivity index (χ0) is 9.97. The minimum Gasteiger partial charge on any atom is -0.383 e. The van der Waals surface area contributed by atoms with Crippen molar-refractivity contribution in [1.82, 2.24) is 0 Å². The molecule has 1 heterocycles. The first-order chi connectivity index (χ1) is 6.77. The summed E-state index contributed by atoms with van der Waals surface area (Å²) in [5.41, 5.74) is 2.46. The summed E-state index contributed by atoms with van der Waals surface area (Å²) in [6.07, 6.45) is 0. The van der Waals surface area contributed by atoms with Crippen LogP contribution >= 0.6 is 0 Å². The third-order valence-electron chi connectivity index (χ3n) is 2.98. The monoisotopic (exact) mass is 190 g/mol. The third-order valence-corrected chi connectivity index (χ3v) is 2.98. The fourth-order valence-electron chi connectivity index (χ4n) is 1.82. The van der Waals surface area contributed by atoms with Crippen molar-refractivity contribution in [2.24, 2.45) is 11.8 Å². The molecule has 2 N–H and O–H groups in total. The average molecular weight is 190 g/mol. The van der Waals surface area contributed by atoms with E-state index in [-0.39, 0.29) is 0 Å². The molecule has 0 bridgehead atoms. The molecule has 0 fully saturated rings. The van der Waals surface area contributed by atoms with Gasteiger partial charge in [-0.1, -0.05) is 26.0 Å². The summed E-state index contributed by atoms with van der Waals surface area (Å²) in [4.78, 5) is 0. The van der Waals surface area contributed by atoms with Gasteiger partial charge in [-0.15, -0.1) is 0 Å². The van der Waals surface area contributed by atoms with Crippen molar-refractivity contribution in [1.29, 1.82) is 0 Å². The van der Waals surface area contributed by atoms with Crippen LogP contribution in [0.4, 0.5) is 11.4 Å². The van der Waals surface area contributed by atoms with Crippen molar-refractivity contribution in [3.63, 3.8) is 0 Å². The molecule has 0 unspecified atom stereocenters. The highest BCUT2D eigenvalue weighted by Gasteiger charge is 2.17. The van der Waals surface area contributed by atoms with Crippen molar-refractivity contribution in [3.05, 3.63) is 24.3 Å². The Bertz CT molecular complexity index is 280. The van der Waals surface area contributed by atoms with E-state index < -0.39 is 0 Å². The molecule has 0 saturated heterocycles. The van der Waals surface area contributed by atoms with Crippen LogP contribution in [0, 0.1) is 11.8 Å². The van der Waals surface area contributed by atoms with E-state index in [0.29, 0.717) is 5.92 Å². The van der Waals surface area contributed by atoms with E-state index >= 15 is 0 Å². The fraction of sp³-hybridized carbons (Fsp3) is 0.500. The van der Waals surface area contributed by atoms with E-state index in [4.69, 9.17) is 0 Å². The van der Waals surface area contributed by atoms with E-state index in [1.165, 1.54) is 11.4 Å². The molecule has 0 saturated carbocycles. The molecule has 76 valence electrons. The molecular weight excluding hydrogens is 172 g/mol. The van der Waals surface area contributed by atoms with Gasteiger partial charge in [-0.25, -0.2) is 0 Å². The Morgan fingerprint density at radius 1 is 1.07 bits per heavy atom. The van der Waals surface area contributed by atoms with Crippen molar-refractivity contribution in [2.45, 2.75) is 13.8 Å². The normalized spacial score (nSPS) is 16.8. The summed E-state index contributed by atoms with van der Waals surface area (Å²) in [6, 6.07) is 8.41. The molecule has 1 aromatic carbocycles. The molecule has 0 amide bonds. The quantitative estimate of drug-likeness (QED) is 0.711. The molecule has 1 aliphatic rings. The second-order valence-electron chi connectivity index (χ2n) is 4.31. The lowest BCUT2D eigenvalue weighted by atomic mass is 9.96. The Kier molecular flexibility index (Phi) is 2.62. The van der Waals surface area contributed by atoms with Crippen LogP contribution in [-0.2, 0) is 0 Å². The third kappa shape index (κ3) is 1.84. The zero-order valence-electron chi connectivity index (χ0n) is 8.88. The smallest absolute Gasteiger partial charge is 0.0576 e. The van der Waals surface area contributed by atoms with Crippen LogP contribution in [0.2, 0.25) is 0 Å². The van der Waals surface area contributed by atoms with Gasteiger partial charge < -0.3 is 10.6 Å². The second kappa shape index (κ2) is 3.91. The maximum atomic E-state index is 3.49. The van der Waals surface area contributed by atoms with Gasteiger partial charge in [0.1, 0.15) is 0 Å². The largest absolute Gasteiger partial charge is 0.383 e. The Labute approximate surface area is 85.7 Å². The van der Waals surface area contributed by atoms with E-state index in [0.717, 1.165) is 19.0 Å². The molecule has 2 rings (SSSR count). The molecule has 2 heteroatoms. The van der Waals surface area contributed by atoms with Crippen molar-refractivity contribution < 1.29 is 0 Å². The standard InChI is InChI=1S/C12H18N2/c1-9(2)10-7-13-11-5-3-4-6-12(11)14-8-10/h3-6,9-10,13-14H,7-8H2,1-2H3. The number of benzene rings is 1. The van der Waals surface area contributed by atoms with Gasteiger partial charge in [0.2, 0.25) is 0 Å². The van der Waals surface area contributed by atoms with E-state index in [2.05, 4.69) is 48.7 Å². The molecular formula is C12H18N2. The number of hydrogen-bond acceptors (Lipinski definition) is 2. The summed E-state index contributed by atoms with van der Waals surface area (Å²) in [6.45, 7) is 6.71. The van der Waals surface area contributed by atoms with Crippen LogP contribution in [0.3, 0.4) is 0 Å². The molecule has 0 spiro atoms. The summed E-state index contributed by atoms with van der Waals surface area (Å²) < 4.78 is 0. The van der Waals surface area contributed by atoms with Gasteiger partial charge in [-0.2, -0.15) is 0 Å². The first kappa shape index (κ1) is 9.38. The summed E-state index contributed by atoms with van der Waals surface area (Å²) in [5.74, 6) is 1.44. The summed E-state index contributed by atoms with van der Waals surface area (Å²) in [7, 11) is 0. The van der Waals surface area contributed by atoms with Crippen LogP contribution in [0.25, 0.3) is 0 Å². The molecule has 1 aliphatic heterocycles. The number of hydrogen-bond donors (Lipinski definition) is 2. The van der Waals surface area contributed by atoms with Crippen molar-refractivity contribution >= 4 is 11.4 Å². The van der Waals surface area contributed by atoms with Crippen LogP contribution < -0.4 is 10.6 Å². The van der Waals surface area contributed by atoms with Gasteiger partial charge in [0.15, 0.2) is 0 Å². The van der Waals surface area contributed by atoms with E-state index in [1.807, 2.05) is 0 Å². The van der Waals surface area contributed by atoms with Gasteiger partial charge >= 0.3 is 0 Å². The maximum absolute atomic E-state index is 3.49. The van der Waals surface area contributed by atoms with E-state index in [1.54, 1.807) is 0 Å². The number of fused-ring (bicyclic) bond motifs is 1. The fourth-order valence-corrected chi connectivity index (χ4v) is 1.82. The predicted molar refractivity (Wildman–Crippen MR) is 61.7 cm³/mol. The van der Waals surface area contributed by atoms with Gasteiger partial charge in [-0.3, -0.25) is 0 Å². The lowest BCUT2D eigenvalue weighted by Crippen LogP contribution is -2.23. The highest BCUT2D eigenvalue weighted by molar-refractivity contribution is 5.69. The molecule has 0 aliphatic carbocycles. The Morgan fingerprint density at radius 2 is 1.57 bits per heavy atom. The minimum absolute atomic E-state index is 0.711. The zero-order valence-corrected chi connectivity index (χ0v) is 8.88. The second-order valence-corrected chi connectivity index (χ2v) is 4.31. The molecule has 14 heavy (non-hydrogen) atoms. The predicted octanol–water partition coefficient (Wildman–Crippen LogP) is 2.80. The number of rotatable bonds is 1. The maximum Gasteiger partial charge on any atom is 0.0576 e. The molecule has 2 nitrogen and oxygen atoms in total. The van der Waals surface area contributed by atoms with Crippen LogP contribution in [0.5, 0.6) is 0 Å². The molecule has 1 aromatic rings.